The molecule has 0 N–H and O–H groups in total. The van der Waals surface area contributed by atoms with E-state index in [1.165, 1.54) is 12.1 Å². The molecular weight excluding hydrogens is 311 g/mol. The standard InChI is InChI=1S/C15H10BrFO2/c16-14-11(2-1-3-12(14)17)15(18)10-4-5-13-9(8-10)6-7-19-13/h1-5,8H,6-7H2. The van der Waals surface area contributed by atoms with Crippen molar-refractivity contribution in [2.45, 2.75) is 6.42 Å². The maximum absolute atomic E-state index is 13.5. The van der Waals surface area contributed by atoms with E-state index < -0.39 is 5.82 Å². The van der Waals surface area contributed by atoms with Crippen molar-refractivity contribution in [3.05, 3.63) is 63.4 Å². The lowest BCUT2D eigenvalue weighted by Crippen LogP contribution is -2.03. The van der Waals surface area contributed by atoms with Crippen molar-refractivity contribution < 1.29 is 13.9 Å². The molecule has 0 bridgehead atoms. The molecule has 0 atom stereocenters. The summed E-state index contributed by atoms with van der Waals surface area (Å²) < 4.78 is 19.1. The zero-order valence-corrected chi connectivity index (χ0v) is 11.5. The second-order valence-electron chi connectivity index (χ2n) is 4.35. The van der Waals surface area contributed by atoms with E-state index in [1.807, 2.05) is 6.07 Å². The summed E-state index contributed by atoms with van der Waals surface area (Å²) >= 11 is 3.12. The molecular formula is C15H10BrFO2. The Bertz CT molecular complexity index is 667. The van der Waals surface area contributed by atoms with Crippen LogP contribution in [0, 0.1) is 5.82 Å². The highest BCUT2D eigenvalue weighted by Crippen LogP contribution is 2.28. The number of hydrogen-bond donors (Lipinski definition) is 0. The zero-order valence-electron chi connectivity index (χ0n) is 9.95. The number of carbonyl (C=O) groups is 1. The molecule has 0 unspecified atom stereocenters. The molecule has 2 aromatic carbocycles. The molecule has 2 nitrogen and oxygen atoms in total. The predicted molar refractivity (Wildman–Crippen MR) is 73.2 cm³/mol. The van der Waals surface area contributed by atoms with Crippen LogP contribution in [0.2, 0.25) is 0 Å². The number of ether oxygens (including phenoxy) is 1. The topological polar surface area (TPSA) is 26.3 Å². The Labute approximate surface area is 118 Å². The molecule has 0 amide bonds. The first-order valence-corrected chi connectivity index (χ1v) is 6.70. The van der Waals surface area contributed by atoms with Gasteiger partial charge in [-0.1, -0.05) is 6.07 Å². The maximum Gasteiger partial charge on any atom is 0.194 e. The number of carbonyl (C=O) groups excluding carboxylic acids is 1. The second kappa shape index (κ2) is 4.78. The van der Waals surface area contributed by atoms with Gasteiger partial charge >= 0.3 is 0 Å². The molecule has 1 aliphatic rings. The molecule has 0 aromatic heterocycles. The summed E-state index contributed by atoms with van der Waals surface area (Å²) in [5.41, 5.74) is 1.91. The molecule has 1 heterocycles. The lowest BCUT2D eigenvalue weighted by molar-refractivity contribution is 0.103. The third-order valence-electron chi connectivity index (χ3n) is 3.15. The number of rotatable bonds is 2. The molecule has 0 saturated carbocycles. The summed E-state index contributed by atoms with van der Waals surface area (Å²) in [6.07, 6.45) is 0.806. The van der Waals surface area contributed by atoms with Crippen LogP contribution in [-0.2, 0) is 6.42 Å². The van der Waals surface area contributed by atoms with Gasteiger partial charge in [0, 0.05) is 17.5 Å². The summed E-state index contributed by atoms with van der Waals surface area (Å²) in [4.78, 5) is 12.4. The van der Waals surface area contributed by atoms with Crippen LogP contribution in [-0.4, -0.2) is 12.4 Å². The minimum absolute atomic E-state index is 0.193. The van der Waals surface area contributed by atoms with E-state index >= 15 is 0 Å². The average Bonchev–Trinajstić information content (AvgIpc) is 2.88. The fraction of sp³-hybridized carbons (Fsp3) is 0.133. The lowest BCUT2D eigenvalue weighted by atomic mass is 10.0. The Kier molecular flexibility index (Phi) is 3.11. The largest absolute Gasteiger partial charge is 0.493 e. The second-order valence-corrected chi connectivity index (χ2v) is 5.14. The molecule has 96 valence electrons. The van der Waals surface area contributed by atoms with E-state index in [0.29, 0.717) is 17.7 Å². The summed E-state index contributed by atoms with van der Waals surface area (Å²) in [6, 6.07) is 9.79. The highest BCUT2D eigenvalue weighted by molar-refractivity contribution is 9.10. The average molecular weight is 321 g/mol. The highest BCUT2D eigenvalue weighted by atomic mass is 79.9. The van der Waals surface area contributed by atoms with Gasteiger partial charge in [0.05, 0.1) is 11.1 Å². The number of ketones is 1. The molecule has 0 radical (unpaired) electrons. The van der Waals surface area contributed by atoms with Gasteiger partial charge in [-0.25, -0.2) is 4.39 Å². The molecule has 1 aliphatic heterocycles. The zero-order chi connectivity index (χ0) is 13.4. The van der Waals surface area contributed by atoms with E-state index in [2.05, 4.69) is 15.9 Å². The van der Waals surface area contributed by atoms with E-state index in [4.69, 9.17) is 4.74 Å². The lowest BCUT2D eigenvalue weighted by Gasteiger charge is -2.06. The summed E-state index contributed by atoms with van der Waals surface area (Å²) in [7, 11) is 0. The minimum atomic E-state index is -0.435. The minimum Gasteiger partial charge on any atom is -0.493 e. The van der Waals surface area contributed by atoms with Crippen LogP contribution in [0.5, 0.6) is 5.75 Å². The number of fused-ring (bicyclic) bond motifs is 1. The van der Waals surface area contributed by atoms with Gasteiger partial charge < -0.3 is 4.74 Å². The number of benzene rings is 2. The molecule has 0 spiro atoms. The number of hydrogen-bond acceptors (Lipinski definition) is 2. The molecule has 0 fully saturated rings. The highest BCUT2D eigenvalue weighted by Gasteiger charge is 2.18. The van der Waals surface area contributed by atoms with Crippen LogP contribution in [0.25, 0.3) is 0 Å². The van der Waals surface area contributed by atoms with Crippen LogP contribution >= 0.6 is 15.9 Å². The Morgan fingerprint density at radius 2 is 2.11 bits per heavy atom. The first kappa shape index (κ1) is 12.4. The summed E-state index contributed by atoms with van der Waals surface area (Å²) in [5, 5.41) is 0. The smallest absolute Gasteiger partial charge is 0.194 e. The van der Waals surface area contributed by atoms with Gasteiger partial charge in [0.1, 0.15) is 11.6 Å². The normalized spacial score (nSPS) is 12.9. The van der Waals surface area contributed by atoms with Gasteiger partial charge in [0.25, 0.3) is 0 Å². The van der Waals surface area contributed by atoms with E-state index in [0.717, 1.165) is 17.7 Å². The van der Waals surface area contributed by atoms with Crippen LogP contribution in [0.15, 0.2) is 40.9 Å². The quantitative estimate of drug-likeness (QED) is 0.788. The van der Waals surface area contributed by atoms with E-state index in [-0.39, 0.29) is 10.3 Å². The Morgan fingerprint density at radius 3 is 2.95 bits per heavy atom. The molecule has 3 rings (SSSR count). The van der Waals surface area contributed by atoms with Crippen molar-refractivity contribution in [2.24, 2.45) is 0 Å². The van der Waals surface area contributed by atoms with Gasteiger partial charge in [0.15, 0.2) is 5.78 Å². The van der Waals surface area contributed by atoms with Gasteiger partial charge in [-0.3, -0.25) is 4.79 Å². The van der Waals surface area contributed by atoms with Gasteiger partial charge in [-0.15, -0.1) is 0 Å². The van der Waals surface area contributed by atoms with Gasteiger partial charge in [-0.05, 0) is 51.8 Å². The summed E-state index contributed by atoms with van der Waals surface area (Å²) in [6.45, 7) is 0.649. The van der Waals surface area contributed by atoms with Crippen molar-refractivity contribution >= 4 is 21.7 Å². The van der Waals surface area contributed by atoms with Crippen LogP contribution in [0.3, 0.4) is 0 Å². The van der Waals surface area contributed by atoms with Crippen LogP contribution in [0.4, 0.5) is 4.39 Å². The molecule has 0 aliphatic carbocycles. The third kappa shape index (κ3) is 2.16. The molecule has 0 saturated heterocycles. The van der Waals surface area contributed by atoms with Crippen molar-refractivity contribution in [3.8, 4) is 5.75 Å². The molecule has 2 aromatic rings. The van der Waals surface area contributed by atoms with Gasteiger partial charge in [-0.2, -0.15) is 0 Å². The van der Waals surface area contributed by atoms with Crippen LogP contribution in [0.1, 0.15) is 21.5 Å². The Morgan fingerprint density at radius 1 is 1.26 bits per heavy atom. The summed E-state index contributed by atoms with van der Waals surface area (Å²) in [5.74, 6) is 0.200. The molecule has 4 heteroatoms. The van der Waals surface area contributed by atoms with E-state index in [1.54, 1.807) is 18.2 Å². The monoisotopic (exact) mass is 320 g/mol. The van der Waals surface area contributed by atoms with Gasteiger partial charge in [0.2, 0.25) is 0 Å². The Hall–Kier alpha value is -1.68. The van der Waals surface area contributed by atoms with Crippen molar-refractivity contribution in [2.75, 3.05) is 6.61 Å². The first-order valence-electron chi connectivity index (χ1n) is 5.91. The third-order valence-corrected chi connectivity index (χ3v) is 3.95. The van der Waals surface area contributed by atoms with Crippen molar-refractivity contribution in [1.29, 1.82) is 0 Å². The predicted octanol–water partition coefficient (Wildman–Crippen LogP) is 3.75. The fourth-order valence-corrected chi connectivity index (χ4v) is 2.61. The van der Waals surface area contributed by atoms with Crippen LogP contribution < -0.4 is 4.74 Å². The number of halogens is 2. The van der Waals surface area contributed by atoms with E-state index in [9.17, 15) is 9.18 Å². The molecule has 19 heavy (non-hydrogen) atoms. The maximum atomic E-state index is 13.5. The Balaban J connectivity index is 2.02. The van der Waals surface area contributed by atoms with Crippen molar-refractivity contribution in [3.63, 3.8) is 0 Å². The first-order chi connectivity index (χ1) is 9.16. The SMILES string of the molecule is O=C(c1ccc2c(c1)CCO2)c1cccc(F)c1Br. The fourth-order valence-electron chi connectivity index (χ4n) is 2.16. The van der Waals surface area contributed by atoms with Crippen molar-refractivity contribution in [1.82, 2.24) is 0 Å².